The molecular weight excluding hydrogens is 266 g/mol. The third kappa shape index (κ3) is 2.39. The van der Waals surface area contributed by atoms with Gasteiger partial charge in [0.25, 0.3) is 5.91 Å². The summed E-state index contributed by atoms with van der Waals surface area (Å²) in [6.07, 6.45) is 4.48. The largest absolute Gasteiger partial charge is 0.361 e. The Balaban J connectivity index is 1.96. The zero-order valence-electron chi connectivity index (χ0n) is 12.1. The maximum Gasteiger partial charge on any atom is 0.256 e. The van der Waals surface area contributed by atoms with E-state index in [1.165, 1.54) is 0 Å². The first kappa shape index (κ1) is 13.7. The van der Waals surface area contributed by atoms with Gasteiger partial charge >= 0.3 is 0 Å². The summed E-state index contributed by atoms with van der Waals surface area (Å²) in [5.41, 5.74) is 1.47. The topological polar surface area (TPSA) is 65.2 Å². The van der Waals surface area contributed by atoms with Crippen molar-refractivity contribution in [2.24, 2.45) is 0 Å². The molecule has 21 heavy (non-hydrogen) atoms. The summed E-state index contributed by atoms with van der Waals surface area (Å²) in [4.78, 5) is 29.7. The molecule has 1 fully saturated rings. The van der Waals surface area contributed by atoms with Crippen molar-refractivity contribution in [1.82, 2.24) is 15.2 Å². The van der Waals surface area contributed by atoms with Gasteiger partial charge in [0.15, 0.2) is 0 Å². The molecule has 3 rings (SSSR count). The average molecular weight is 285 g/mol. The highest BCUT2D eigenvalue weighted by Gasteiger charge is 2.32. The highest BCUT2D eigenvalue weighted by atomic mass is 16.2. The Labute approximate surface area is 123 Å². The van der Waals surface area contributed by atoms with E-state index in [9.17, 15) is 9.59 Å². The van der Waals surface area contributed by atoms with Crippen LogP contribution in [-0.4, -0.2) is 41.3 Å². The minimum atomic E-state index is -0.360. The molecule has 110 valence electrons. The molecule has 1 atom stereocenters. The lowest BCUT2D eigenvalue weighted by Gasteiger charge is -2.34. The predicted octanol–water partition coefficient (Wildman–Crippen LogP) is 1.91. The number of aromatic nitrogens is 1. The van der Waals surface area contributed by atoms with Gasteiger partial charge in [-0.1, -0.05) is 12.1 Å². The number of benzene rings is 1. The van der Waals surface area contributed by atoms with Crippen molar-refractivity contribution in [2.45, 2.75) is 25.3 Å². The van der Waals surface area contributed by atoms with Crippen LogP contribution in [0, 0.1) is 0 Å². The zero-order chi connectivity index (χ0) is 14.8. The smallest absolute Gasteiger partial charge is 0.256 e. The van der Waals surface area contributed by atoms with Crippen LogP contribution in [0.2, 0.25) is 0 Å². The van der Waals surface area contributed by atoms with Gasteiger partial charge in [0, 0.05) is 25.2 Å². The second-order valence-corrected chi connectivity index (χ2v) is 5.37. The Kier molecular flexibility index (Phi) is 3.64. The lowest BCUT2D eigenvalue weighted by molar-refractivity contribution is -0.126. The number of nitrogens with zero attached hydrogens (tertiary/aromatic N) is 1. The van der Waals surface area contributed by atoms with Crippen LogP contribution >= 0.6 is 0 Å². The molecule has 2 amide bonds. The standard InChI is InChI=1S/C16H19N3O2/c1-17-15(20)13-7-2-3-10-19(13)16(21)12-6-4-5-11-8-9-18-14(11)12/h4-6,8-9,13,18H,2-3,7,10H2,1H3,(H,17,20). The van der Waals surface area contributed by atoms with E-state index < -0.39 is 0 Å². The van der Waals surface area contributed by atoms with Crippen LogP contribution < -0.4 is 5.32 Å². The fourth-order valence-electron chi connectivity index (χ4n) is 3.03. The number of amides is 2. The summed E-state index contributed by atoms with van der Waals surface area (Å²) < 4.78 is 0. The summed E-state index contributed by atoms with van der Waals surface area (Å²) in [6, 6.07) is 7.24. The van der Waals surface area contributed by atoms with E-state index in [0.29, 0.717) is 12.1 Å². The van der Waals surface area contributed by atoms with Crippen LogP contribution in [0.15, 0.2) is 30.5 Å². The van der Waals surface area contributed by atoms with E-state index in [-0.39, 0.29) is 17.9 Å². The monoisotopic (exact) mass is 285 g/mol. The van der Waals surface area contributed by atoms with Crippen LogP contribution in [-0.2, 0) is 4.79 Å². The van der Waals surface area contributed by atoms with E-state index in [1.54, 1.807) is 11.9 Å². The minimum Gasteiger partial charge on any atom is -0.361 e. The molecule has 0 spiro atoms. The lowest BCUT2D eigenvalue weighted by atomic mass is 9.99. The van der Waals surface area contributed by atoms with Gasteiger partial charge in [-0.2, -0.15) is 0 Å². The van der Waals surface area contributed by atoms with Crippen LogP contribution in [0.1, 0.15) is 29.6 Å². The third-order valence-corrected chi connectivity index (χ3v) is 4.13. The van der Waals surface area contributed by atoms with Crippen molar-refractivity contribution in [3.63, 3.8) is 0 Å². The van der Waals surface area contributed by atoms with Gasteiger partial charge in [0.2, 0.25) is 5.91 Å². The van der Waals surface area contributed by atoms with Gasteiger partial charge in [-0.15, -0.1) is 0 Å². The Morgan fingerprint density at radius 3 is 2.95 bits per heavy atom. The SMILES string of the molecule is CNC(=O)C1CCCCN1C(=O)c1cccc2cc[nH]c12. The van der Waals surface area contributed by atoms with Gasteiger partial charge in [0.1, 0.15) is 6.04 Å². The number of likely N-dealkylation sites (tertiary alicyclic amines) is 1. The molecule has 5 nitrogen and oxygen atoms in total. The number of carbonyl (C=O) groups is 2. The van der Waals surface area contributed by atoms with Crippen LogP contribution in [0.4, 0.5) is 0 Å². The van der Waals surface area contributed by atoms with Crippen molar-refractivity contribution in [3.05, 3.63) is 36.0 Å². The zero-order valence-corrected chi connectivity index (χ0v) is 12.1. The van der Waals surface area contributed by atoms with E-state index in [1.807, 2.05) is 30.5 Å². The molecule has 2 aromatic rings. The van der Waals surface area contributed by atoms with E-state index >= 15 is 0 Å². The molecule has 1 aromatic carbocycles. The number of H-pyrrole nitrogens is 1. The Bertz CT molecular complexity index is 677. The van der Waals surface area contributed by atoms with Crippen molar-refractivity contribution < 1.29 is 9.59 Å². The lowest BCUT2D eigenvalue weighted by Crippen LogP contribution is -2.51. The van der Waals surface area contributed by atoms with Crippen LogP contribution in [0.25, 0.3) is 10.9 Å². The van der Waals surface area contributed by atoms with Gasteiger partial charge in [-0.05, 0) is 31.4 Å². The van der Waals surface area contributed by atoms with E-state index in [0.717, 1.165) is 30.2 Å². The quantitative estimate of drug-likeness (QED) is 0.885. The average Bonchev–Trinajstić information content (AvgIpc) is 3.02. The molecule has 1 saturated heterocycles. The molecular formula is C16H19N3O2. The highest BCUT2D eigenvalue weighted by molar-refractivity contribution is 6.07. The number of para-hydroxylation sites is 1. The van der Waals surface area contributed by atoms with Crippen LogP contribution in [0.3, 0.4) is 0 Å². The molecule has 0 radical (unpaired) electrons. The van der Waals surface area contributed by atoms with Crippen molar-refractivity contribution in [1.29, 1.82) is 0 Å². The first-order valence-corrected chi connectivity index (χ1v) is 7.31. The summed E-state index contributed by atoms with van der Waals surface area (Å²) in [6.45, 7) is 0.633. The van der Waals surface area contributed by atoms with Crippen LogP contribution in [0.5, 0.6) is 0 Å². The summed E-state index contributed by atoms with van der Waals surface area (Å²) in [5, 5.41) is 3.67. The number of hydrogen-bond donors (Lipinski definition) is 2. The Hall–Kier alpha value is -2.30. The van der Waals surface area contributed by atoms with E-state index in [4.69, 9.17) is 0 Å². The summed E-state index contributed by atoms with van der Waals surface area (Å²) >= 11 is 0. The molecule has 2 heterocycles. The normalized spacial score (nSPS) is 18.7. The molecule has 2 N–H and O–H groups in total. The number of rotatable bonds is 2. The van der Waals surface area contributed by atoms with Crippen molar-refractivity contribution in [3.8, 4) is 0 Å². The predicted molar refractivity (Wildman–Crippen MR) is 81.0 cm³/mol. The number of fused-ring (bicyclic) bond motifs is 1. The molecule has 1 aliphatic rings. The highest BCUT2D eigenvalue weighted by Crippen LogP contribution is 2.23. The molecule has 1 aliphatic heterocycles. The molecule has 1 unspecified atom stereocenters. The first-order valence-electron chi connectivity index (χ1n) is 7.31. The number of likely N-dealkylation sites (N-methyl/N-ethyl adjacent to an activating group) is 1. The fraction of sp³-hybridized carbons (Fsp3) is 0.375. The van der Waals surface area contributed by atoms with Crippen molar-refractivity contribution >= 4 is 22.7 Å². The summed E-state index contributed by atoms with van der Waals surface area (Å²) in [7, 11) is 1.62. The molecule has 0 saturated carbocycles. The minimum absolute atomic E-state index is 0.0728. The van der Waals surface area contributed by atoms with Gasteiger partial charge in [-0.25, -0.2) is 0 Å². The molecule has 0 aliphatic carbocycles. The number of piperidine rings is 1. The van der Waals surface area contributed by atoms with Gasteiger partial charge in [0.05, 0.1) is 11.1 Å². The second kappa shape index (κ2) is 5.60. The fourth-order valence-corrected chi connectivity index (χ4v) is 3.03. The molecule has 5 heteroatoms. The Morgan fingerprint density at radius 2 is 2.14 bits per heavy atom. The number of hydrogen-bond acceptors (Lipinski definition) is 2. The maximum absolute atomic E-state index is 12.9. The van der Waals surface area contributed by atoms with Gasteiger partial charge in [-0.3, -0.25) is 9.59 Å². The first-order chi connectivity index (χ1) is 10.2. The Morgan fingerprint density at radius 1 is 1.29 bits per heavy atom. The summed E-state index contributed by atoms with van der Waals surface area (Å²) in [5.74, 6) is -0.155. The maximum atomic E-state index is 12.9. The third-order valence-electron chi connectivity index (χ3n) is 4.13. The second-order valence-electron chi connectivity index (χ2n) is 5.37. The van der Waals surface area contributed by atoms with E-state index in [2.05, 4.69) is 10.3 Å². The number of nitrogens with one attached hydrogen (secondary N) is 2. The molecule has 0 bridgehead atoms. The number of aromatic amines is 1. The van der Waals surface area contributed by atoms with Gasteiger partial charge < -0.3 is 15.2 Å². The number of carbonyl (C=O) groups excluding carboxylic acids is 2. The molecule has 1 aromatic heterocycles. The van der Waals surface area contributed by atoms with Crippen molar-refractivity contribution in [2.75, 3.05) is 13.6 Å².